The van der Waals surface area contributed by atoms with Gasteiger partial charge in [0, 0.05) is 80.2 Å². The van der Waals surface area contributed by atoms with Crippen LogP contribution in [0.5, 0.6) is 17.2 Å². The van der Waals surface area contributed by atoms with Crippen LogP contribution in [0.3, 0.4) is 0 Å². The molecular weight excluding hydrogens is 2150 g/mol. The molecule has 0 amide bonds. The molecule has 11 aromatic carbocycles. The fraction of sp³-hybridized carbons (Fsp3) is 0.298. The smallest absolute Gasteiger partial charge is 0.264 e. The number of thioether (sulfide) groups is 1. The number of nitrogens with zero attached hydrogens (tertiary/aromatic N) is 5. The molecule has 0 fully saturated rings. The van der Waals surface area contributed by atoms with E-state index in [0.717, 1.165) is 38.3 Å². The molecule has 1 heterocycles. The van der Waals surface area contributed by atoms with Gasteiger partial charge < -0.3 is 53.1 Å². The highest BCUT2D eigenvalue weighted by molar-refractivity contribution is 8.23. The quantitative estimate of drug-likeness (QED) is 0.00920. The first-order valence-electron chi connectivity index (χ1n) is 43.7. The second kappa shape index (κ2) is 58.0. The largest absolute Gasteiger partial charge is 0.505 e. The molecule has 0 aliphatic heterocycles. The standard InChI is InChI=1S/C27H31Cl2NO2SSi.C27H31Cl2NOS2Si.C24H26Cl2O2Si.C8H8Cl2O2.C8H8Cl2OS.C7H8Cl2N2.C3H6ClNS/c1-27(2,3)34(21-12-8-6-9-13-21,22-14-10-7-11-15-22)31-17-16-20-18-23(28)25(24(29)19-20)32-26(33)30(4)5;1-27(2,3)34(21-12-8-6-9-13-21,22-14-10-7-11-15-22)31-17-16-20-18-23(28)25(24(29)19-20)33-26(32)30(4)5;1-24(2,3)29(19-10-6-4-7-11-19,20-12-8-5-9-13-20)28-15-14-18-16-21(25)23(27)22(26)17-18;2*9-6-3-5(1-2-11)4-7(10)8(6)12;1-4(2)5-3-6(8)10-11-7(5)9;1-5(2)3(4)6/h2*6-15,18-19H,16-17H2,1-5H3;4-13,16-17,27H,14-15H2,1-3H3;2*3-4,11-12H,1-2H2;3-4H,1-2H3;1-2H3. The summed E-state index contributed by atoms with van der Waals surface area (Å²) in [5.41, 5.74) is 5.64. The van der Waals surface area contributed by atoms with Crippen LogP contribution in [0.4, 0.5) is 0 Å². The number of aromatic hydroxyl groups is 2. The van der Waals surface area contributed by atoms with Crippen molar-refractivity contribution >= 4 is 282 Å². The molecule has 0 aliphatic rings. The van der Waals surface area contributed by atoms with Crippen LogP contribution in [0.2, 0.25) is 75.6 Å². The van der Waals surface area contributed by atoms with E-state index in [1.165, 1.54) is 42.9 Å². The Hall–Kier alpha value is -5.51. The third kappa shape index (κ3) is 35.2. The average Bonchev–Trinajstić information content (AvgIpc) is 0.754. The number of thiol groups is 1. The molecule has 0 saturated carbocycles. The van der Waals surface area contributed by atoms with E-state index in [2.05, 4.69) is 255 Å². The van der Waals surface area contributed by atoms with Gasteiger partial charge in [0.2, 0.25) is 0 Å². The molecule has 12 aromatic rings. The maximum atomic E-state index is 9.80. The minimum Gasteiger partial charge on any atom is -0.505 e. The van der Waals surface area contributed by atoms with Gasteiger partial charge in [-0.15, -0.1) is 22.8 Å². The summed E-state index contributed by atoms with van der Waals surface area (Å²) in [5.74, 6) is 0.513. The van der Waals surface area contributed by atoms with Gasteiger partial charge in [-0.05, 0) is 209 Å². The van der Waals surface area contributed by atoms with Gasteiger partial charge in [0.05, 0.1) is 55.1 Å². The van der Waals surface area contributed by atoms with Crippen LogP contribution >= 0.6 is 212 Å². The van der Waals surface area contributed by atoms with Crippen LogP contribution in [0, 0.1) is 0 Å². The number of hydrogen-bond acceptors (Lipinski definition) is 15. The number of phenols is 2. The predicted octanol–water partition coefficient (Wildman–Crippen LogP) is 28.2. The van der Waals surface area contributed by atoms with Crippen molar-refractivity contribution in [1.82, 2.24) is 24.9 Å². The van der Waals surface area contributed by atoms with E-state index in [9.17, 15) is 10.2 Å². The average molecular weight is 2270 g/mol. The zero-order chi connectivity index (χ0) is 103. The van der Waals surface area contributed by atoms with Crippen molar-refractivity contribution in [1.29, 1.82) is 0 Å². The number of benzene rings is 11. The summed E-state index contributed by atoms with van der Waals surface area (Å²) in [6.45, 7) is 26.3. The summed E-state index contributed by atoms with van der Waals surface area (Å²) in [7, 11) is 3.32. The van der Waals surface area contributed by atoms with Crippen LogP contribution < -0.4 is 35.9 Å². The molecule has 138 heavy (non-hydrogen) atoms. The Bertz CT molecular complexity index is 5420. The zero-order valence-corrected chi connectivity index (χ0v) is 97.0. The van der Waals surface area contributed by atoms with Gasteiger partial charge in [-0.1, -0.05) is 433 Å². The van der Waals surface area contributed by atoms with Crippen molar-refractivity contribution in [2.45, 2.75) is 139 Å². The van der Waals surface area contributed by atoms with Crippen molar-refractivity contribution in [2.75, 3.05) is 75.3 Å². The summed E-state index contributed by atoms with van der Waals surface area (Å²) in [6.07, 6.45) is 3.09. The molecule has 0 aliphatic carbocycles. The Balaban J connectivity index is 0.000000264. The maximum absolute atomic E-state index is 9.80. The van der Waals surface area contributed by atoms with Crippen LogP contribution in [-0.4, -0.2) is 160 Å². The van der Waals surface area contributed by atoms with Gasteiger partial charge in [-0.25, -0.2) is 0 Å². The molecule has 0 saturated heterocycles. The summed E-state index contributed by atoms with van der Waals surface area (Å²) in [5, 5.41) is 56.1. The van der Waals surface area contributed by atoms with Crippen molar-refractivity contribution in [3.8, 4) is 17.2 Å². The highest BCUT2D eigenvalue weighted by Crippen LogP contribution is 2.44. The number of ether oxygens (including phenoxy) is 1. The number of aromatic nitrogens is 2. The molecular formula is C104H118Cl13N5O8S5Si3. The van der Waals surface area contributed by atoms with E-state index in [1.807, 2.05) is 81.4 Å². The number of phenolic OH excluding ortho intramolecular Hbond substituents is 2. The van der Waals surface area contributed by atoms with E-state index in [0.29, 0.717) is 123 Å². The van der Waals surface area contributed by atoms with Crippen LogP contribution in [0.15, 0.2) is 259 Å². The van der Waals surface area contributed by atoms with Crippen molar-refractivity contribution in [2.24, 2.45) is 0 Å². The lowest BCUT2D eigenvalue weighted by molar-refractivity contribution is 0.299. The summed E-state index contributed by atoms with van der Waals surface area (Å²) in [4.78, 5) is 6.60. The fourth-order valence-corrected chi connectivity index (χ4v) is 32.9. The van der Waals surface area contributed by atoms with Gasteiger partial charge in [0.1, 0.15) is 4.32 Å². The van der Waals surface area contributed by atoms with Crippen molar-refractivity contribution in [3.05, 3.63) is 343 Å². The fourth-order valence-electron chi connectivity index (χ4n) is 14.6. The maximum Gasteiger partial charge on any atom is 0.264 e. The number of thiocarbonyl (C=S) groups is 3. The van der Waals surface area contributed by atoms with E-state index in [4.69, 9.17) is 203 Å². The Labute approximate surface area is 910 Å². The molecule has 740 valence electrons. The minimum absolute atomic E-state index is 0.0391. The molecule has 0 unspecified atom stereocenters. The van der Waals surface area contributed by atoms with Crippen molar-refractivity contribution < 1.29 is 38.4 Å². The highest BCUT2D eigenvalue weighted by Gasteiger charge is 2.53. The third-order valence-electron chi connectivity index (χ3n) is 21.4. The van der Waals surface area contributed by atoms with E-state index < -0.39 is 25.0 Å². The lowest BCUT2D eigenvalue weighted by Gasteiger charge is -2.43. The van der Waals surface area contributed by atoms with Gasteiger partial charge in [-0.2, -0.15) is 0 Å². The molecule has 0 bridgehead atoms. The van der Waals surface area contributed by atoms with Crippen LogP contribution in [0.25, 0.3) is 0 Å². The molecule has 13 nitrogen and oxygen atoms in total. The van der Waals surface area contributed by atoms with Gasteiger partial charge in [-0.3, -0.25) is 0 Å². The van der Waals surface area contributed by atoms with Gasteiger partial charge in [0.25, 0.3) is 30.1 Å². The van der Waals surface area contributed by atoms with Crippen LogP contribution in [0.1, 0.15) is 115 Å². The lowest BCUT2D eigenvalue weighted by atomic mass is 10.1. The normalized spacial score (nSPS) is 11.4. The lowest BCUT2D eigenvalue weighted by Crippen LogP contribution is -2.66. The molecule has 0 radical (unpaired) electrons. The number of aliphatic hydroxyl groups is 2. The Morgan fingerprint density at radius 3 is 0.862 bits per heavy atom. The number of aliphatic hydroxyl groups excluding tert-OH is 2. The molecule has 0 atom stereocenters. The SMILES string of the molecule is CC(C)(C)[Si](OCCc1cc(Cl)c(O)c(Cl)c1)(c1ccccc1)c1ccccc1.CC(C)c1cc(Cl)nnc1Cl.CN(C)C(=S)Cl.CN(C)C(=S)Oc1c(Cl)cc(CCO[Si](c2ccccc2)(c2ccccc2)C(C)(C)C)cc1Cl.CN(C)C(=S)Sc1c(Cl)cc(CCO[Si](c2ccccc2)(c2ccccc2)C(C)(C)C)cc1Cl.OCCc1cc(Cl)c(O)c(Cl)c1.OCCc1cc(Cl)c(S)c(Cl)c1. The Morgan fingerprint density at radius 1 is 0.377 bits per heavy atom. The highest BCUT2D eigenvalue weighted by atomic mass is 35.5. The molecule has 4 N–H and O–H groups in total. The first-order valence-corrected chi connectivity index (χ1v) is 56.8. The first kappa shape index (κ1) is 121. The van der Waals surface area contributed by atoms with Gasteiger partial charge in [0.15, 0.2) is 32.0 Å². The molecule has 1 aromatic heterocycles. The minimum atomic E-state index is -2.59. The third-order valence-corrected chi connectivity index (χ3v) is 43.8. The molecule has 0 spiro atoms. The summed E-state index contributed by atoms with van der Waals surface area (Å²) in [6, 6.07) is 83.3. The number of halogens is 13. The van der Waals surface area contributed by atoms with E-state index in [-0.39, 0.29) is 59.9 Å². The number of hydrogen-bond donors (Lipinski definition) is 5. The molecule has 12 rings (SSSR count). The molecule has 34 heteroatoms. The van der Waals surface area contributed by atoms with Gasteiger partial charge >= 0.3 is 0 Å². The zero-order valence-electron chi connectivity index (χ0n) is 80.0. The van der Waals surface area contributed by atoms with E-state index >= 15 is 0 Å². The summed E-state index contributed by atoms with van der Waals surface area (Å²) >= 11 is 98.6. The first-order chi connectivity index (χ1) is 64.9. The topological polar surface area (TPSA) is 153 Å². The predicted molar refractivity (Wildman–Crippen MR) is 614 cm³/mol. The van der Waals surface area contributed by atoms with Crippen molar-refractivity contribution in [3.63, 3.8) is 0 Å². The van der Waals surface area contributed by atoms with Crippen LogP contribution in [-0.2, 0) is 45.4 Å². The second-order valence-corrected chi connectivity index (χ2v) is 56.6. The second-order valence-electron chi connectivity index (χ2n) is 35.5. The van der Waals surface area contributed by atoms with E-state index in [1.54, 1.807) is 80.5 Å². The Morgan fingerprint density at radius 2 is 0.630 bits per heavy atom. The monoisotopic (exact) mass is 2260 g/mol. The number of rotatable bonds is 25. The Kier molecular flexibility index (Phi) is 50.9. The summed E-state index contributed by atoms with van der Waals surface area (Å²) < 4.78 is 27.6.